The van der Waals surface area contributed by atoms with E-state index in [1.807, 2.05) is 49.7 Å². The maximum atomic E-state index is 12.5. The highest BCUT2D eigenvalue weighted by atomic mass is 79.9. The molecule has 130 valence electrons. The number of hydrogen-bond acceptors (Lipinski definition) is 3. The van der Waals surface area contributed by atoms with Gasteiger partial charge in [0.05, 0.1) is 27.1 Å². The Morgan fingerprint density at radius 3 is 2.33 bits per heavy atom. The number of aryl methyl sites for hydroxylation is 1. The Balaban J connectivity index is 2.23. The zero-order valence-electron chi connectivity index (χ0n) is 14.9. The van der Waals surface area contributed by atoms with E-state index in [-0.39, 0.29) is 11.8 Å². The minimum Gasteiger partial charge on any atom is -0.345 e. The molecule has 3 N–H and O–H groups in total. The van der Waals surface area contributed by atoms with Crippen LogP contribution < -0.4 is 11.1 Å². The molecule has 1 amide bonds. The van der Waals surface area contributed by atoms with Crippen molar-refractivity contribution in [2.45, 2.75) is 40.2 Å². The van der Waals surface area contributed by atoms with Crippen LogP contribution in [0, 0.1) is 19.8 Å². The van der Waals surface area contributed by atoms with Crippen molar-refractivity contribution in [3.05, 3.63) is 45.7 Å². The topological polar surface area (TPSA) is 72.9 Å². The smallest absolute Gasteiger partial charge is 0.251 e. The third kappa shape index (κ3) is 3.54. The number of nitrogens with two attached hydrogens (primary N) is 1. The van der Waals surface area contributed by atoms with Crippen LogP contribution in [0.15, 0.2) is 28.7 Å². The van der Waals surface area contributed by atoms with Crippen molar-refractivity contribution in [3.8, 4) is 5.69 Å². The van der Waals surface area contributed by atoms with E-state index >= 15 is 0 Å². The molecule has 0 saturated heterocycles. The molecule has 0 aliphatic rings. The first-order chi connectivity index (χ1) is 11.2. The SMILES string of the molecule is Cc1nn(-c2ccc(C(=O)NC(C)(CN)C(C)C)cc2)c(C)c1Br. The van der Waals surface area contributed by atoms with E-state index in [9.17, 15) is 4.79 Å². The lowest BCUT2D eigenvalue weighted by molar-refractivity contribution is 0.0883. The summed E-state index contributed by atoms with van der Waals surface area (Å²) in [6, 6.07) is 7.42. The van der Waals surface area contributed by atoms with Gasteiger partial charge >= 0.3 is 0 Å². The van der Waals surface area contributed by atoms with E-state index < -0.39 is 5.54 Å². The summed E-state index contributed by atoms with van der Waals surface area (Å²) in [6.45, 7) is 10.4. The van der Waals surface area contributed by atoms with Crippen molar-refractivity contribution in [1.82, 2.24) is 15.1 Å². The summed E-state index contributed by atoms with van der Waals surface area (Å²) in [4.78, 5) is 12.5. The van der Waals surface area contributed by atoms with E-state index in [2.05, 4.69) is 40.2 Å². The first kappa shape index (κ1) is 18.7. The van der Waals surface area contributed by atoms with Gasteiger partial charge in [-0.1, -0.05) is 13.8 Å². The molecule has 24 heavy (non-hydrogen) atoms. The standard InChI is InChI=1S/C18H25BrN4O/c1-11(2)18(5,10-20)21-17(24)14-6-8-15(9-7-14)23-13(4)16(19)12(3)22-23/h6-9,11H,10,20H2,1-5H3,(H,21,24). The first-order valence-electron chi connectivity index (χ1n) is 8.04. The molecule has 0 spiro atoms. The molecule has 1 aromatic heterocycles. The average molecular weight is 393 g/mol. The number of carbonyl (C=O) groups excluding carboxylic acids is 1. The molecule has 0 saturated carbocycles. The van der Waals surface area contributed by atoms with Crippen LogP contribution in [0.5, 0.6) is 0 Å². The van der Waals surface area contributed by atoms with E-state index in [0.29, 0.717) is 12.1 Å². The lowest BCUT2D eigenvalue weighted by Gasteiger charge is -2.33. The fourth-order valence-corrected chi connectivity index (χ4v) is 2.64. The molecule has 1 heterocycles. The normalized spacial score (nSPS) is 13.8. The summed E-state index contributed by atoms with van der Waals surface area (Å²) in [5.74, 6) is 0.135. The van der Waals surface area contributed by atoms with Crippen molar-refractivity contribution in [1.29, 1.82) is 0 Å². The largest absolute Gasteiger partial charge is 0.345 e. The zero-order chi connectivity index (χ0) is 18.1. The van der Waals surface area contributed by atoms with Crippen LogP contribution in [0.3, 0.4) is 0 Å². The Hall–Kier alpha value is -1.66. The molecule has 0 radical (unpaired) electrons. The van der Waals surface area contributed by atoms with Crippen LogP contribution >= 0.6 is 15.9 Å². The number of nitrogens with one attached hydrogen (secondary N) is 1. The maximum Gasteiger partial charge on any atom is 0.251 e. The summed E-state index contributed by atoms with van der Waals surface area (Å²) < 4.78 is 2.86. The van der Waals surface area contributed by atoms with Gasteiger partial charge in [0.2, 0.25) is 0 Å². The van der Waals surface area contributed by atoms with Crippen molar-refractivity contribution in [2.24, 2.45) is 11.7 Å². The van der Waals surface area contributed by atoms with Crippen LogP contribution in [-0.4, -0.2) is 27.8 Å². The zero-order valence-corrected chi connectivity index (χ0v) is 16.4. The molecular formula is C18H25BrN4O. The molecule has 1 aromatic carbocycles. The highest BCUT2D eigenvalue weighted by Gasteiger charge is 2.28. The van der Waals surface area contributed by atoms with Crippen molar-refractivity contribution in [3.63, 3.8) is 0 Å². The van der Waals surface area contributed by atoms with E-state index in [1.54, 1.807) is 0 Å². The van der Waals surface area contributed by atoms with Gasteiger partial charge in [-0.05, 0) is 66.9 Å². The third-order valence-corrected chi connectivity index (χ3v) is 5.82. The van der Waals surface area contributed by atoms with Gasteiger partial charge < -0.3 is 11.1 Å². The summed E-state index contributed by atoms with van der Waals surface area (Å²) in [6.07, 6.45) is 0. The van der Waals surface area contributed by atoms with Crippen molar-refractivity contribution >= 4 is 21.8 Å². The van der Waals surface area contributed by atoms with Gasteiger partial charge in [-0.15, -0.1) is 0 Å². The Morgan fingerprint density at radius 1 is 1.33 bits per heavy atom. The number of benzene rings is 1. The van der Waals surface area contributed by atoms with Gasteiger partial charge in [-0.2, -0.15) is 5.10 Å². The number of hydrogen-bond donors (Lipinski definition) is 2. The van der Waals surface area contributed by atoms with Gasteiger partial charge in [0, 0.05) is 12.1 Å². The quantitative estimate of drug-likeness (QED) is 0.818. The van der Waals surface area contributed by atoms with Crippen LogP contribution in [0.25, 0.3) is 5.69 Å². The monoisotopic (exact) mass is 392 g/mol. The number of halogens is 1. The summed E-state index contributed by atoms with van der Waals surface area (Å²) >= 11 is 3.53. The highest BCUT2D eigenvalue weighted by molar-refractivity contribution is 9.10. The Kier molecular flexibility index (Phi) is 5.50. The number of amides is 1. The molecule has 0 aliphatic heterocycles. The van der Waals surface area contributed by atoms with E-state index in [1.165, 1.54) is 0 Å². The van der Waals surface area contributed by atoms with Crippen LogP contribution in [-0.2, 0) is 0 Å². The second-order valence-corrected chi connectivity index (χ2v) is 7.47. The van der Waals surface area contributed by atoms with Crippen LogP contribution in [0.4, 0.5) is 0 Å². The predicted octanol–water partition coefficient (Wildman–Crippen LogP) is 3.35. The minimum atomic E-state index is -0.420. The van der Waals surface area contributed by atoms with Gasteiger partial charge in [-0.3, -0.25) is 4.79 Å². The number of aromatic nitrogens is 2. The summed E-state index contributed by atoms with van der Waals surface area (Å²) in [5, 5.41) is 7.55. The fraction of sp³-hybridized carbons (Fsp3) is 0.444. The molecule has 6 heteroatoms. The molecule has 0 bridgehead atoms. The van der Waals surface area contributed by atoms with Gasteiger partial charge in [0.15, 0.2) is 0 Å². The summed E-state index contributed by atoms with van der Waals surface area (Å²) in [5.41, 5.74) is 8.91. The Bertz CT molecular complexity index is 736. The van der Waals surface area contributed by atoms with Crippen LogP contribution in [0.1, 0.15) is 42.5 Å². The molecule has 1 unspecified atom stereocenters. The van der Waals surface area contributed by atoms with Gasteiger partial charge in [0.25, 0.3) is 5.91 Å². The molecule has 2 rings (SSSR count). The second-order valence-electron chi connectivity index (χ2n) is 6.67. The van der Waals surface area contributed by atoms with Crippen LogP contribution in [0.2, 0.25) is 0 Å². The highest BCUT2D eigenvalue weighted by Crippen LogP contribution is 2.23. The molecule has 0 fully saturated rings. The molecule has 1 atom stereocenters. The molecule has 0 aliphatic carbocycles. The predicted molar refractivity (Wildman–Crippen MR) is 101 cm³/mol. The molecule has 2 aromatic rings. The van der Waals surface area contributed by atoms with E-state index in [0.717, 1.165) is 21.5 Å². The number of carbonyl (C=O) groups is 1. The van der Waals surface area contributed by atoms with Crippen molar-refractivity contribution in [2.75, 3.05) is 6.54 Å². The van der Waals surface area contributed by atoms with Crippen molar-refractivity contribution < 1.29 is 4.79 Å². The Morgan fingerprint density at radius 2 is 1.92 bits per heavy atom. The average Bonchev–Trinajstić information content (AvgIpc) is 2.82. The van der Waals surface area contributed by atoms with Gasteiger partial charge in [0.1, 0.15) is 0 Å². The minimum absolute atomic E-state index is 0.113. The third-order valence-electron chi connectivity index (χ3n) is 4.67. The fourth-order valence-electron chi connectivity index (χ4n) is 2.39. The number of nitrogens with zero attached hydrogens (tertiary/aromatic N) is 2. The van der Waals surface area contributed by atoms with E-state index in [4.69, 9.17) is 5.73 Å². The second kappa shape index (κ2) is 7.07. The summed E-state index contributed by atoms with van der Waals surface area (Å²) in [7, 11) is 0. The maximum absolute atomic E-state index is 12.5. The first-order valence-corrected chi connectivity index (χ1v) is 8.83. The lowest BCUT2D eigenvalue weighted by atomic mass is 9.88. The molecular weight excluding hydrogens is 368 g/mol. The molecule has 5 nitrogen and oxygen atoms in total. The van der Waals surface area contributed by atoms with Gasteiger partial charge in [-0.25, -0.2) is 4.68 Å². The Labute approximate surface area is 151 Å². The number of rotatable bonds is 5. The lowest BCUT2D eigenvalue weighted by Crippen LogP contribution is -2.55.